The van der Waals surface area contributed by atoms with Gasteiger partial charge in [0.2, 0.25) is 23.6 Å². The van der Waals surface area contributed by atoms with Crippen molar-refractivity contribution in [2.75, 3.05) is 52.0 Å². The lowest BCUT2D eigenvalue weighted by Crippen LogP contribution is -2.42. The standard InChI is InChI=1S/C24H35N7O5Si/c1-15-14-26-24(37(6,7)8)30-20(15)36-17-11-10-16(35-17)19(32)27-18-21(33-4)28-23(29-22(18)34-5)25-12-9-13-31(2)3/h10-11,14H,9,12-13H2,1-8H3,(H,27,32)(H,25,28,29). The first-order valence-corrected chi connectivity index (χ1v) is 15.3. The van der Waals surface area contributed by atoms with E-state index in [0.717, 1.165) is 24.0 Å². The van der Waals surface area contributed by atoms with Gasteiger partial charge in [-0.15, -0.1) is 0 Å². The lowest BCUT2D eigenvalue weighted by atomic mass is 10.3. The van der Waals surface area contributed by atoms with Crippen LogP contribution < -0.4 is 30.3 Å². The highest BCUT2D eigenvalue weighted by molar-refractivity contribution is 6.87. The Morgan fingerprint density at radius 3 is 2.32 bits per heavy atom. The second-order valence-electron chi connectivity index (χ2n) is 9.63. The van der Waals surface area contributed by atoms with Crippen molar-refractivity contribution in [3.8, 4) is 23.6 Å². The molecule has 0 saturated heterocycles. The predicted molar refractivity (Wildman–Crippen MR) is 143 cm³/mol. The number of hydrogen-bond acceptors (Lipinski definition) is 11. The SMILES string of the molecule is COc1nc(NCCCN(C)C)nc(OC)c1NC(=O)c1ccc(Oc2nc([Si](C)(C)C)ncc2C)o1. The average Bonchev–Trinajstić information content (AvgIpc) is 3.31. The van der Waals surface area contributed by atoms with Crippen LogP contribution in [0.4, 0.5) is 11.6 Å². The third-order valence-corrected chi connectivity index (χ3v) is 6.71. The summed E-state index contributed by atoms with van der Waals surface area (Å²) < 4.78 is 22.2. The Kier molecular flexibility index (Phi) is 9.05. The molecular weight excluding hydrogens is 494 g/mol. The zero-order valence-corrected chi connectivity index (χ0v) is 23.6. The summed E-state index contributed by atoms with van der Waals surface area (Å²) in [6.45, 7) is 9.88. The molecule has 3 heterocycles. The topological polar surface area (TPSA) is 137 Å². The maximum Gasteiger partial charge on any atom is 0.291 e. The van der Waals surface area contributed by atoms with Crippen molar-refractivity contribution in [1.82, 2.24) is 24.8 Å². The van der Waals surface area contributed by atoms with Crippen LogP contribution >= 0.6 is 0 Å². The summed E-state index contributed by atoms with van der Waals surface area (Å²) in [4.78, 5) is 32.7. The number of carbonyl (C=O) groups excluding carboxylic acids is 1. The van der Waals surface area contributed by atoms with Crippen LogP contribution in [0.25, 0.3) is 0 Å². The minimum Gasteiger partial charge on any atom is -0.479 e. The number of carbonyl (C=O) groups is 1. The smallest absolute Gasteiger partial charge is 0.291 e. The van der Waals surface area contributed by atoms with Crippen molar-refractivity contribution in [2.24, 2.45) is 0 Å². The maximum absolute atomic E-state index is 13.0. The number of ether oxygens (including phenoxy) is 3. The van der Waals surface area contributed by atoms with E-state index in [4.69, 9.17) is 18.6 Å². The van der Waals surface area contributed by atoms with Crippen LogP contribution in [0.5, 0.6) is 23.6 Å². The quantitative estimate of drug-likeness (QED) is 0.264. The van der Waals surface area contributed by atoms with Crippen molar-refractivity contribution in [2.45, 2.75) is 33.0 Å². The highest BCUT2D eigenvalue weighted by Gasteiger charge is 2.24. The summed E-state index contributed by atoms with van der Waals surface area (Å²) in [5.74, 6) is 0.603. The summed E-state index contributed by atoms with van der Waals surface area (Å²) in [5, 5.41) is 5.85. The molecule has 1 amide bonds. The van der Waals surface area contributed by atoms with E-state index in [-0.39, 0.29) is 29.2 Å². The molecule has 37 heavy (non-hydrogen) atoms. The van der Waals surface area contributed by atoms with Gasteiger partial charge in [0.1, 0.15) is 13.5 Å². The molecule has 2 N–H and O–H groups in total. The monoisotopic (exact) mass is 529 g/mol. The second-order valence-corrected chi connectivity index (χ2v) is 14.6. The van der Waals surface area contributed by atoms with Gasteiger partial charge in [-0.2, -0.15) is 9.97 Å². The lowest BCUT2D eigenvalue weighted by molar-refractivity contribution is 0.0990. The minimum absolute atomic E-state index is 0.0159. The van der Waals surface area contributed by atoms with Crippen molar-refractivity contribution in [1.29, 1.82) is 0 Å². The lowest BCUT2D eigenvalue weighted by Gasteiger charge is -2.15. The van der Waals surface area contributed by atoms with Crippen LogP contribution in [0.15, 0.2) is 22.7 Å². The Morgan fingerprint density at radius 2 is 1.73 bits per heavy atom. The van der Waals surface area contributed by atoms with Gasteiger partial charge < -0.3 is 34.2 Å². The van der Waals surface area contributed by atoms with Gasteiger partial charge in [0.15, 0.2) is 11.4 Å². The van der Waals surface area contributed by atoms with E-state index in [0.29, 0.717) is 18.4 Å². The molecule has 0 bridgehead atoms. The van der Waals surface area contributed by atoms with Gasteiger partial charge in [0.05, 0.1) is 14.2 Å². The van der Waals surface area contributed by atoms with Gasteiger partial charge in [-0.25, -0.2) is 9.97 Å². The number of nitrogens with one attached hydrogen (secondary N) is 2. The summed E-state index contributed by atoms with van der Waals surface area (Å²) in [5.41, 5.74) is 1.71. The fourth-order valence-corrected chi connectivity index (χ4v) is 4.04. The molecule has 0 radical (unpaired) electrons. The zero-order valence-electron chi connectivity index (χ0n) is 22.6. The average molecular weight is 530 g/mol. The number of aromatic nitrogens is 4. The van der Waals surface area contributed by atoms with E-state index >= 15 is 0 Å². The number of amides is 1. The number of methoxy groups -OCH3 is 2. The van der Waals surface area contributed by atoms with Crippen LogP contribution in [-0.2, 0) is 0 Å². The summed E-state index contributed by atoms with van der Waals surface area (Å²) in [7, 11) is 5.18. The summed E-state index contributed by atoms with van der Waals surface area (Å²) in [6, 6.07) is 3.05. The Balaban J connectivity index is 1.74. The molecule has 200 valence electrons. The van der Waals surface area contributed by atoms with E-state index in [1.54, 1.807) is 12.3 Å². The molecule has 0 unspecified atom stereocenters. The first-order chi connectivity index (χ1) is 17.5. The van der Waals surface area contributed by atoms with Gasteiger partial charge in [-0.3, -0.25) is 4.79 Å². The molecule has 3 aromatic rings. The molecule has 3 rings (SSSR count). The van der Waals surface area contributed by atoms with Gasteiger partial charge >= 0.3 is 0 Å². The fourth-order valence-electron chi connectivity index (χ4n) is 3.16. The van der Waals surface area contributed by atoms with Gasteiger partial charge in [0.25, 0.3) is 11.9 Å². The largest absolute Gasteiger partial charge is 0.479 e. The Morgan fingerprint density at radius 1 is 1.05 bits per heavy atom. The van der Waals surface area contributed by atoms with Crippen molar-refractivity contribution in [3.63, 3.8) is 0 Å². The predicted octanol–water partition coefficient (Wildman–Crippen LogP) is 3.14. The number of aryl methyl sites for hydroxylation is 1. The van der Waals surface area contributed by atoms with Gasteiger partial charge in [-0.05, 0) is 40.1 Å². The minimum atomic E-state index is -1.74. The van der Waals surface area contributed by atoms with Crippen LogP contribution in [0.3, 0.4) is 0 Å². The van der Waals surface area contributed by atoms with Gasteiger partial charge in [-0.1, -0.05) is 19.6 Å². The number of hydrogen-bond donors (Lipinski definition) is 2. The molecule has 0 saturated carbocycles. The molecule has 0 spiro atoms. The molecule has 13 heteroatoms. The maximum atomic E-state index is 13.0. The number of nitrogens with zero attached hydrogens (tertiary/aromatic N) is 5. The first kappa shape index (κ1) is 27.9. The zero-order chi connectivity index (χ0) is 27.2. The normalized spacial score (nSPS) is 11.4. The first-order valence-electron chi connectivity index (χ1n) is 11.8. The third-order valence-electron chi connectivity index (χ3n) is 5.13. The van der Waals surface area contributed by atoms with E-state index < -0.39 is 14.0 Å². The van der Waals surface area contributed by atoms with E-state index in [9.17, 15) is 4.79 Å². The molecule has 0 aromatic carbocycles. The molecular formula is C24H35N7O5Si. The number of rotatable bonds is 12. The Hall–Kier alpha value is -3.71. The number of anilines is 2. The van der Waals surface area contributed by atoms with Crippen LogP contribution in [0, 0.1) is 6.92 Å². The van der Waals surface area contributed by atoms with Crippen molar-refractivity contribution >= 4 is 31.1 Å². The molecule has 12 nitrogen and oxygen atoms in total. The fraction of sp³-hybridized carbons (Fsp3) is 0.458. The Labute approximate surface area is 217 Å². The molecule has 0 aliphatic carbocycles. The third kappa shape index (κ3) is 7.39. The molecule has 0 aliphatic rings. The van der Waals surface area contributed by atoms with Gasteiger partial charge in [0, 0.05) is 24.4 Å². The molecule has 3 aromatic heterocycles. The van der Waals surface area contributed by atoms with E-state index in [2.05, 4.69) is 55.1 Å². The van der Waals surface area contributed by atoms with Crippen LogP contribution in [-0.4, -0.2) is 80.2 Å². The highest BCUT2D eigenvalue weighted by atomic mass is 28.3. The highest BCUT2D eigenvalue weighted by Crippen LogP contribution is 2.33. The molecule has 0 atom stereocenters. The second kappa shape index (κ2) is 12.0. The van der Waals surface area contributed by atoms with E-state index in [1.807, 2.05) is 21.0 Å². The van der Waals surface area contributed by atoms with Crippen LogP contribution in [0.2, 0.25) is 19.6 Å². The van der Waals surface area contributed by atoms with Crippen molar-refractivity contribution < 1.29 is 23.4 Å². The van der Waals surface area contributed by atoms with Crippen LogP contribution in [0.1, 0.15) is 22.5 Å². The summed E-state index contributed by atoms with van der Waals surface area (Å²) >= 11 is 0. The van der Waals surface area contributed by atoms with E-state index in [1.165, 1.54) is 20.3 Å². The van der Waals surface area contributed by atoms with Crippen molar-refractivity contribution in [3.05, 3.63) is 29.7 Å². The molecule has 0 fully saturated rings. The number of furan rings is 1. The molecule has 0 aliphatic heterocycles. The summed E-state index contributed by atoms with van der Waals surface area (Å²) in [6.07, 6.45) is 2.63. The Bertz CT molecular complexity index is 1200.